The highest BCUT2D eigenvalue weighted by atomic mass is 35.5. The number of likely N-dealkylation sites (N-methyl/N-ethyl adjacent to an activating group) is 1. The summed E-state index contributed by atoms with van der Waals surface area (Å²) < 4.78 is 5.44. The predicted molar refractivity (Wildman–Crippen MR) is 145 cm³/mol. The number of halogens is 2. The van der Waals surface area contributed by atoms with Crippen molar-refractivity contribution >= 4 is 52.4 Å². The van der Waals surface area contributed by atoms with Crippen LogP contribution in [-0.4, -0.2) is 78.0 Å². The molecule has 2 atom stereocenters. The highest BCUT2D eigenvalue weighted by Crippen LogP contribution is 2.35. The zero-order chi connectivity index (χ0) is 26.7. The van der Waals surface area contributed by atoms with Gasteiger partial charge in [-0.25, -0.2) is 9.59 Å². The molecule has 37 heavy (non-hydrogen) atoms. The van der Waals surface area contributed by atoms with Gasteiger partial charge in [0.25, 0.3) is 5.91 Å². The Morgan fingerprint density at radius 1 is 1.16 bits per heavy atom. The molecule has 0 radical (unpaired) electrons. The summed E-state index contributed by atoms with van der Waals surface area (Å²) in [6.07, 6.45) is 0. The highest BCUT2D eigenvalue weighted by molar-refractivity contribution is 7.12. The number of nitrogens with one attached hydrogen (secondary N) is 1. The van der Waals surface area contributed by atoms with E-state index in [4.69, 9.17) is 27.9 Å². The van der Waals surface area contributed by atoms with Crippen LogP contribution in [0.25, 0.3) is 0 Å². The normalized spacial score (nSPS) is 20.7. The zero-order valence-electron chi connectivity index (χ0n) is 21.0. The molecule has 11 heteroatoms. The van der Waals surface area contributed by atoms with E-state index in [1.807, 2.05) is 36.3 Å². The minimum absolute atomic E-state index is 0.0282. The third kappa shape index (κ3) is 5.80. The second-order valence-corrected chi connectivity index (χ2v) is 10.7. The van der Waals surface area contributed by atoms with Gasteiger partial charge in [0.2, 0.25) is 0 Å². The Morgan fingerprint density at radius 2 is 1.95 bits per heavy atom. The van der Waals surface area contributed by atoms with Crippen LogP contribution in [0, 0.1) is 0 Å². The van der Waals surface area contributed by atoms with E-state index in [0.717, 1.165) is 4.88 Å². The fourth-order valence-corrected chi connectivity index (χ4v) is 5.82. The van der Waals surface area contributed by atoms with Gasteiger partial charge in [-0.3, -0.25) is 14.6 Å². The number of urea groups is 1. The van der Waals surface area contributed by atoms with E-state index in [0.29, 0.717) is 59.6 Å². The molecule has 8 nitrogen and oxygen atoms in total. The summed E-state index contributed by atoms with van der Waals surface area (Å²) in [5.41, 5.74) is 1.59. The summed E-state index contributed by atoms with van der Waals surface area (Å²) >= 11 is 13.8. The summed E-state index contributed by atoms with van der Waals surface area (Å²) in [6, 6.07) is 7.68. The Kier molecular flexibility index (Phi) is 8.79. The topological polar surface area (TPSA) is 82.2 Å². The maximum absolute atomic E-state index is 13.3. The molecule has 1 aromatic heterocycles. The van der Waals surface area contributed by atoms with Gasteiger partial charge in [0, 0.05) is 44.5 Å². The fourth-order valence-electron chi connectivity index (χ4n) is 4.83. The van der Waals surface area contributed by atoms with Crippen molar-refractivity contribution in [1.82, 2.24) is 20.0 Å². The number of hydrogen-bond acceptors (Lipinski definition) is 6. The number of amides is 3. The number of benzene rings is 1. The molecule has 1 aromatic carbocycles. The van der Waals surface area contributed by atoms with Gasteiger partial charge in [0.15, 0.2) is 0 Å². The van der Waals surface area contributed by atoms with E-state index in [2.05, 4.69) is 10.2 Å². The third-order valence-corrected chi connectivity index (χ3v) is 8.20. The lowest BCUT2D eigenvalue weighted by molar-refractivity contribution is -0.139. The third-order valence-electron chi connectivity index (χ3n) is 6.60. The molecule has 4 rings (SSSR count). The van der Waals surface area contributed by atoms with E-state index in [-0.39, 0.29) is 24.6 Å². The smallest absolute Gasteiger partial charge is 0.338 e. The van der Waals surface area contributed by atoms with E-state index >= 15 is 0 Å². The van der Waals surface area contributed by atoms with E-state index < -0.39 is 12.0 Å². The molecular weight excluding hydrogens is 535 g/mol. The number of hydrogen-bond donors (Lipinski definition) is 1. The van der Waals surface area contributed by atoms with Gasteiger partial charge in [-0.1, -0.05) is 35.3 Å². The first kappa shape index (κ1) is 27.4. The van der Waals surface area contributed by atoms with Crippen LogP contribution in [0.15, 0.2) is 47.0 Å². The van der Waals surface area contributed by atoms with Crippen molar-refractivity contribution in [2.45, 2.75) is 32.9 Å². The summed E-state index contributed by atoms with van der Waals surface area (Å²) in [7, 11) is 0. The lowest BCUT2D eigenvalue weighted by atomic mass is 9.94. The Morgan fingerprint density at radius 3 is 2.57 bits per heavy atom. The number of esters is 1. The Hall–Kier alpha value is -2.59. The molecule has 2 aliphatic heterocycles. The number of carbonyl (C=O) groups excluding carboxylic acids is 3. The minimum atomic E-state index is -0.738. The molecule has 1 saturated heterocycles. The number of carbonyl (C=O) groups is 3. The minimum Gasteiger partial charge on any atom is -0.463 e. The SMILES string of the molecule is CCOC(=O)C1=C(CN2CCN(C(=O)c3cccs3)[C@@H](C)C2)N(CC)C(=O)N[C@@H]1c1ccc(Cl)c(Cl)c1. The summed E-state index contributed by atoms with van der Waals surface area (Å²) in [5, 5.41) is 5.55. The molecule has 0 spiro atoms. The average Bonchev–Trinajstić information content (AvgIpc) is 3.40. The van der Waals surface area contributed by atoms with Crippen molar-refractivity contribution in [1.29, 1.82) is 0 Å². The van der Waals surface area contributed by atoms with Crippen LogP contribution in [0.5, 0.6) is 0 Å². The Bertz CT molecular complexity index is 1200. The van der Waals surface area contributed by atoms with Crippen molar-refractivity contribution < 1.29 is 19.1 Å². The largest absolute Gasteiger partial charge is 0.463 e. The van der Waals surface area contributed by atoms with Crippen molar-refractivity contribution in [3.63, 3.8) is 0 Å². The maximum Gasteiger partial charge on any atom is 0.338 e. The molecule has 3 heterocycles. The second kappa shape index (κ2) is 11.9. The van der Waals surface area contributed by atoms with Crippen LogP contribution in [0.2, 0.25) is 10.0 Å². The second-order valence-electron chi connectivity index (χ2n) is 8.94. The standard InChI is InChI=1S/C26H30Cl2N4O4S/c1-4-31-20(15-30-10-11-32(16(3)14-30)24(33)21-7-6-12-37-21)22(25(34)36-5-2)23(29-26(31)35)17-8-9-18(27)19(28)13-17/h6-9,12-13,16,23H,4-5,10-11,14-15H2,1-3H3,(H,29,35)/t16-,23+/m0/s1. The molecule has 2 aromatic rings. The first-order valence-corrected chi connectivity index (χ1v) is 13.9. The van der Waals surface area contributed by atoms with Crippen molar-refractivity contribution in [3.05, 3.63) is 67.5 Å². The predicted octanol–water partition coefficient (Wildman–Crippen LogP) is 4.80. The van der Waals surface area contributed by atoms with E-state index in [1.165, 1.54) is 11.3 Å². The number of rotatable bonds is 7. The van der Waals surface area contributed by atoms with Gasteiger partial charge >= 0.3 is 12.0 Å². The van der Waals surface area contributed by atoms with Crippen LogP contribution in [-0.2, 0) is 9.53 Å². The zero-order valence-corrected chi connectivity index (χ0v) is 23.3. The molecule has 0 aliphatic carbocycles. The first-order valence-electron chi connectivity index (χ1n) is 12.2. The number of ether oxygens (including phenoxy) is 1. The average molecular weight is 566 g/mol. The monoisotopic (exact) mass is 564 g/mol. The summed E-state index contributed by atoms with van der Waals surface area (Å²) in [4.78, 5) is 45.8. The molecule has 1 fully saturated rings. The van der Waals surface area contributed by atoms with Gasteiger partial charge in [-0.2, -0.15) is 0 Å². The molecule has 0 bridgehead atoms. The molecule has 1 N–H and O–H groups in total. The van der Waals surface area contributed by atoms with Crippen LogP contribution in [0.3, 0.4) is 0 Å². The van der Waals surface area contributed by atoms with Crippen molar-refractivity contribution in [2.24, 2.45) is 0 Å². The summed E-state index contributed by atoms with van der Waals surface area (Å²) in [6.45, 7) is 8.33. The lowest BCUT2D eigenvalue weighted by Crippen LogP contribution is -2.56. The molecule has 0 saturated carbocycles. The summed E-state index contributed by atoms with van der Waals surface area (Å²) in [5.74, 6) is -0.466. The molecule has 0 unspecified atom stereocenters. The van der Waals surface area contributed by atoms with Crippen LogP contribution < -0.4 is 5.32 Å². The van der Waals surface area contributed by atoms with Crippen LogP contribution >= 0.6 is 34.5 Å². The van der Waals surface area contributed by atoms with Gasteiger partial charge in [0.05, 0.1) is 33.1 Å². The quantitative estimate of drug-likeness (QED) is 0.488. The lowest BCUT2D eigenvalue weighted by Gasteiger charge is -2.42. The first-order chi connectivity index (χ1) is 17.7. The molecule has 2 aliphatic rings. The van der Waals surface area contributed by atoms with Gasteiger partial charge in [-0.15, -0.1) is 11.3 Å². The van der Waals surface area contributed by atoms with Gasteiger partial charge in [-0.05, 0) is 49.9 Å². The van der Waals surface area contributed by atoms with Crippen molar-refractivity contribution in [2.75, 3.05) is 39.3 Å². The van der Waals surface area contributed by atoms with Gasteiger partial charge < -0.3 is 15.0 Å². The maximum atomic E-state index is 13.3. The molecule has 198 valence electrons. The number of nitrogens with zero attached hydrogens (tertiary/aromatic N) is 3. The van der Waals surface area contributed by atoms with Crippen LogP contribution in [0.4, 0.5) is 4.79 Å². The van der Waals surface area contributed by atoms with Crippen molar-refractivity contribution in [3.8, 4) is 0 Å². The highest BCUT2D eigenvalue weighted by Gasteiger charge is 2.39. The van der Waals surface area contributed by atoms with Crippen LogP contribution in [0.1, 0.15) is 42.0 Å². The van der Waals surface area contributed by atoms with Gasteiger partial charge in [0.1, 0.15) is 0 Å². The Labute approximate surface area is 230 Å². The molecular formula is C26H30Cl2N4O4S. The van der Waals surface area contributed by atoms with E-state index in [1.54, 1.807) is 30.0 Å². The Balaban J connectivity index is 1.66. The number of thiophene rings is 1. The van der Waals surface area contributed by atoms with E-state index in [9.17, 15) is 14.4 Å². The molecule has 3 amide bonds. The number of piperazine rings is 1. The fraction of sp³-hybridized carbons (Fsp3) is 0.423.